The molecule has 1 aromatic heterocycles. The van der Waals surface area contributed by atoms with Crippen molar-refractivity contribution >= 4 is 0 Å². The van der Waals surface area contributed by atoms with Crippen molar-refractivity contribution in [2.24, 2.45) is 0 Å². The van der Waals surface area contributed by atoms with Crippen LogP contribution in [0.15, 0.2) is 6.20 Å². The van der Waals surface area contributed by atoms with Crippen LogP contribution in [0.4, 0.5) is 13.2 Å². The number of hydrogen-bond acceptors (Lipinski definition) is 3. The number of alkyl halides is 2. The van der Waals surface area contributed by atoms with Crippen LogP contribution < -0.4 is 4.74 Å². The molecule has 0 N–H and O–H groups in total. The first-order valence-electron chi connectivity index (χ1n) is 3.52. The number of ether oxygens (including phenoxy) is 1. The van der Waals surface area contributed by atoms with Gasteiger partial charge in [0.15, 0.2) is 17.3 Å². The van der Waals surface area contributed by atoms with Crippen LogP contribution in [0.1, 0.15) is 17.7 Å². The van der Waals surface area contributed by atoms with E-state index in [-0.39, 0.29) is 0 Å². The van der Waals surface area contributed by atoms with Gasteiger partial charge in [0.2, 0.25) is 0 Å². The second-order valence-corrected chi connectivity index (χ2v) is 2.32. The van der Waals surface area contributed by atoms with Crippen molar-refractivity contribution in [3.8, 4) is 11.8 Å². The molecule has 1 aromatic rings. The van der Waals surface area contributed by atoms with Crippen LogP contribution in [-0.2, 0) is 0 Å². The Morgan fingerprint density at radius 3 is 2.64 bits per heavy atom. The van der Waals surface area contributed by atoms with Crippen LogP contribution >= 0.6 is 0 Å². The zero-order chi connectivity index (χ0) is 10.7. The van der Waals surface area contributed by atoms with Crippen LogP contribution in [0.5, 0.6) is 5.75 Å². The van der Waals surface area contributed by atoms with Gasteiger partial charge in [0.05, 0.1) is 18.9 Å². The van der Waals surface area contributed by atoms with Gasteiger partial charge < -0.3 is 4.74 Å². The average molecular weight is 202 g/mol. The summed E-state index contributed by atoms with van der Waals surface area (Å²) in [6.45, 7) is 0. The first kappa shape index (κ1) is 10.3. The highest BCUT2D eigenvalue weighted by molar-refractivity contribution is 5.38. The molecular weight excluding hydrogens is 197 g/mol. The molecule has 0 saturated carbocycles. The van der Waals surface area contributed by atoms with E-state index in [1.165, 1.54) is 6.07 Å². The van der Waals surface area contributed by atoms with E-state index in [1.54, 1.807) is 0 Å². The Labute approximate surface area is 77.7 Å². The SMILES string of the molecule is COc1cnc(C#N)c(C(F)F)c1F. The standard InChI is InChI=1S/C8H5F3N2O/c1-14-5-3-13-4(2-12)6(7(5)9)8(10)11/h3,8H,1H3. The summed E-state index contributed by atoms with van der Waals surface area (Å²) in [4.78, 5) is 3.34. The van der Waals surface area contributed by atoms with Gasteiger partial charge in [-0.1, -0.05) is 0 Å². The minimum atomic E-state index is -3.09. The van der Waals surface area contributed by atoms with Gasteiger partial charge >= 0.3 is 0 Å². The maximum Gasteiger partial charge on any atom is 0.269 e. The van der Waals surface area contributed by atoms with Gasteiger partial charge in [-0.3, -0.25) is 0 Å². The number of halogens is 3. The smallest absolute Gasteiger partial charge is 0.269 e. The van der Waals surface area contributed by atoms with Gasteiger partial charge in [-0.05, 0) is 0 Å². The zero-order valence-electron chi connectivity index (χ0n) is 7.09. The summed E-state index contributed by atoms with van der Waals surface area (Å²) in [7, 11) is 1.13. The third kappa shape index (κ3) is 1.62. The normalized spacial score (nSPS) is 10.0. The summed E-state index contributed by atoms with van der Waals surface area (Å²) < 4.78 is 42.2. The van der Waals surface area contributed by atoms with Crippen molar-refractivity contribution in [2.45, 2.75) is 6.43 Å². The second kappa shape index (κ2) is 3.96. The molecule has 0 unspecified atom stereocenters. The zero-order valence-corrected chi connectivity index (χ0v) is 7.09. The lowest BCUT2D eigenvalue weighted by atomic mass is 10.2. The quantitative estimate of drug-likeness (QED) is 0.737. The lowest BCUT2D eigenvalue weighted by Gasteiger charge is -2.06. The molecule has 0 atom stereocenters. The third-order valence-electron chi connectivity index (χ3n) is 1.56. The fourth-order valence-corrected chi connectivity index (χ4v) is 0.917. The fourth-order valence-electron chi connectivity index (χ4n) is 0.917. The van der Waals surface area contributed by atoms with Crippen molar-refractivity contribution in [1.82, 2.24) is 4.98 Å². The molecule has 0 bridgehead atoms. The van der Waals surface area contributed by atoms with Crippen LogP contribution in [0.25, 0.3) is 0 Å². The summed E-state index contributed by atoms with van der Waals surface area (Å²) in [5.74, 6) is -1.65. The van der Waals surface area contributed by atoms with Gasteiger partial charge in [0.1, 0.15) is 6.07 Å². The van der Waals surface area contributed by atoms with Crippen LogP contribution in [0, 0.1) is 17.1 Å². The van der Waals surface area contributed by atoms with Crippen molar-refractivity contribution in [1.29, 1.82) is 5.26 Å². The minimum absolute atomic E-state index is 0.403. The van der Waals surface area contributed by atoms with Crippen LogP contribution in [0.3, 0.4) is 0 Å². The molecule has 1 heterocycles. The molecule has 0 radical (unpaired) electrons. The molecule has 14 heavy (non-hydrogen) atoms. The summed E-state index contributed by atoms with van der Waals surface area (Å²) in [5.41, 5.74) is -1.65. The first-order chi connectivity index (χ1) is 6.61. The van der Waals surface area contributed by atoms with Crippen molar-refractivity contribution < 1.29 is 17.9 Å². The Kier molecular flexibility index (Phi) is 2.92. The Bertz CT molecular complexity index is 387. The van der Waals surface area contributed by atoms with Crippen molar-refractivity contribution in [3.63, 3.8) is 0 Å². The van der Waals surface area contributed by atoms with Gasteiger partial charge in [-0.25, -0.2) is 18.2 Å². The van der Waals surface area contributed by atoms with E-state index in [2.05, 4.69) is 9.72 Å². The van der Waals surface area contributed by atoms with E-state index >= 15 is 0 Å². The third-order valence-corrected chi connectivity index (χ3v) is 1.56. The molecule has 74 valence electrons. The highest BCUT2D eigenvalue weighted by Crippen LogP contribution is 2.29. The number of nitriles is 1. The Morgan fingerprint density at radius 2 is 2.21 bits per heavy atom. The maximum absolute atomic E-state index is 13.2. The number of nitrogens with zero attached hydrogens (tertiary/aromatic N) is 2. The van der Waals surface area contributed by atoms with E-state index in [0.717, 1.165) is 13.3 Å². The molecule has 0 aliphatic rings. The summed E-state index contributed by atoms with van der Waals surface area (Å²) in [6.07, 6.45) is -2.20. The van der Waals surface area contributed by atoms with E-state index in [0.29, 0.717) is 0 Å². The monoisotopic (exact) mass is 202 g/mol. The molecule has 0 spiro atoms. The molecule has 0 fully saturated rings. The molecular formula is C8H5F3N2O. The predicted octanol–water partition coefficient (Wildman–Crippen LogP) is 2.04. The minimum Gasteiger partial charge on any atom is -0.492 e. The van der Waals surface area contributed by atoms with Crippen LogP contribution in [0.2, 0.25) is 0 Å². The summed E-state index contributed by atoms with van der Waals surface area (Å²) in [5, 5.41) is 8.40. The second-order valence-electron chi connectivity index (χ2n) is 2.32. The lowest BCUT2D eigenvalue weighted by Crippen LogP contribution is -2.01. The Morgan fingerprint density at radius 1 is 1.57 bits per heavy atom. The molecule has 0 amide bonds. The molecule has 6 heteroatoms. The van der Waals surface area contributed by atoms with E-state index in [1.807, 2.05) is 0 Å². The van der Waals surface area contributed by atoms with Crippen LogP contribution in [-0.4, -0.2) is 12.1 Å². The summed E-state index contributed by atoms with van der Waals surface area (Å²) >= 11 is 0. The predicted molar refractivity (Wildman–Crippen MR) is 40.4 cm³/mol. The molecule has 0 saturated heterocycles. The molecule has 0 aromatic carbocycles. The highest BCUT2D eigenvalue weighted by Gasteiger charge is 2.23. The number of hydrogen-bond donors (Lipinski definition) is 0. The number of aromatic nitrogens is 1. The first-order valence-corrected chi connectivity index (χ1v) is 3.52. The maximum atomic E-state index is 13.2. The number of rotatable bonds is 2. The molecule has 1 rings (SSSR count). The van der Waals surface area contributed by atoms with Gasteiger partial charge in [-0.15, -0.1) is 0 Å². The van der Waals surface area contributed by atoms with Gasteiger partial charge in [0.25, 0.3) is 6.43 Å². The van der Waals surface area contributed by atoms with Gasteiger partial charge in [-0.2, -0.15) is 5.26 Å². The highest BCUT2D eigenvalue weighted by atomic mass is 19.3. The molecule has 0 aliphatic carbocycles. The van der Waals surface area contributed by atoms with Crippen molar-refractivity contribution in [2.75, 3.05) is 7.11 Å². The topological polar surface area (TPSA) is 45.9 Å². The molecule has 0 aliphatic heterocycles. The van der Waals surface area contributed by atoms with Gasteiger partial charge in [0, 0.05) is 0 Å². The van der Waals surface area contributed by atoms with Crippen molar-refractivity contribution in [3.05, 3.63) is 23.3 Å². The largest absolute Gasteiger partial charge is 0.492 e. The van der Waals surface area contributed by atoms with E-state index in [4.69, 9.17) is 5.26 Å². The fraction of sp³-hybridized carbons (Fsp3) is 0.250. The number of pyridine rings is 1. The lowest BCUT2D eigenvalue weighted by molar-refractivity contribution is 0.144. The van der Waals surface area contributed by atoms with E-state index < -0.39 is 29.2 Å². The summed E-state index contributed by atoms with van der Waals surface area (Å²) in [6, 6.07) is 1.38. The Hall–Kier alpha value is -1.77. The number of methoxy groups -OCH3 is 1. The van der Waals surface area contributed by atoms with E-state index in [9.17, 15) is 13.2 Å². The average Bonchev–Trinajstić information content (AvgIpc) is 2.16. The molecule has 3 nitrogen and oxygen atoms in total. The Balaban J connectivity index is 3.41.